The maximum absolute atomic E-state index is 13.3. The molecule has 1 amide bonds. The highest BCUT2D eigenvalue weighted by Gasteiger charge is 2.33. The molecule has 1 saturated heterocycles. The molecule has 0 saturated carbocycles. The van der Waals surface area contributed by atoms with Crippen molar-refractivity contribution in [2.24, 2.45) is 0 Å². The van der Waals surface area contributed by atoms with Gasteiger partial charge in [0.1, 0.15) is 16.3 Å². The van der Waals surface area contributed by atoms with E-state index in [9.17, 15) is 13.2 Å². The minimum Gasteiger partial charge on any atom is -0.495 e. The summed E-state index contributed by atoms with van der Waals surface area (Å²) in [6.45, 7) is 4.58. The molecule has 0 bridgehead atoms. The second-order valence-electron chi connectivity index (χ2n) is 7.07. The molecule has 8 nitrogen and oxygen atoms in total. The fourth-order valence-corrected chi connectivity index (χ4v) is 5.39. The molecule has 0 aliphatic carbocycles. The fourth-order valence-electron chi connectivity index (χ4n) is 3.51. The molecule has 2 heterocycles. The number of rotatable bonds is 7. The van der Waals surface area contributed by atoms with Crippen LogP contribution in [0, 0.1) is 0 Å². The molecule has 3 rings (SSSR count). The second-order valence-corrected chi connectivity index (χ2v) is 8.93. The van der Waals surface area contributed by atoms with Gasteiger partial charge < -0.3 is 14.8 Å². The molecule has 1 atom stereocenters. The van der Waals surface area contributed by atoms with Crippen LogP contribution in [0.1, 0.15) is 43.5 Å². The van der Waals surface area contributed by atoms with Crippen molar-refractivity contribution in [3.63, 3.8) is 0 Å². The molecular weight excluding hydrogens is 406 g/mol. The first-order valence-corrected chi connectivity index (χ1v) is 11.4. The van der Waals surface area contributed by atoms with Gasteiger partial charge in [0.15, 0.2) is 0 Å². The maximum atomic E-state index is 13.3. The van der Waals surface area contributed by atoms with E-state index in [0.717, 1.165) is 19.3 Å². The van der Waals surface area contributed by atoms with Crippen LogP contribution >= 0.6 is 0 Å². The van der Waals surface area contributed by atoms with Crippen LogP contribution in [0.5, 0.6) is 11.6 Å². The van der Waals surface area contributed by atoms with Gasteiger partial charge in [0, 0.05) is 24.3 Å². The van der Waals surface area contributed by atoms with E-state index in [0.29, 0.717) is 24.7 Å². The summed E-state index contributed by atoms with van der Waals surface area (Å²) in [5.41, 5.74) is 0.611. The third kappa shape index (κ3) is 4.57. The van der Waals surface area contributed by atoms with Crippen molar-refractivity contribution in [1.29, 1.82) is 0 Å². The number of nitrogens with one attached hydrogen (secondary N) is 1. The Morgan fingerprint density at radius 1 is 1.30 bits per heavy atom. The summed E-state index contributed by atoms with van der Waals surface area (Å²) < 4.78 is 38.9. The van der Waals surface area contributed by atoms with Gasteiger partial charge in [0.25, 0.3) is 5.91 Å². The van der Waals surface area contributed by atoms with Crippen LogP contribution in [0.25, 0.3) is 0 Å². The van der Waals surface area contributed by atoms with Crippen LogP contribution in [0.2, 0.25) is 0 Å². The highest BCUT2D eigenvalue weighted by molar-refractivity contribution is 7.89. The summed E-state index contributed by atoms with van der Waals surface area (Å²) in [5.74, 6) is 0.0484. The van der Waals surface area contributed by atoms with Gasteiger partial charge in [-0.2, -0.15) is 4.31 Å². The zero-order chi connectivity index (χ0) is 21.7. The molecule has 1 fully saturated rings. The number of ether oxygens (including phenoxy) is 2. The smallest absolute Gasteiger partial charge is 0.255 e. The number of carbonyl (C=O) groups excluding carboxylic acids is 1. The van der Waals surface area contributed by atoms with Crippen molar-refractivity contribution in [2.75, 3.05) is 25.6 Å². The highest BCUT2D eigenvalue weighted by Crippen LogP contribution is 2.32. The Morgan fingerprint density at radius 2 is 2.10 bits per heavy atom. The molecule has 0 spiro atoms. The van der Waals surface area contributed by atoms with Crippen molar-refractivity contribution >= 4 is 21.6 Å². The van der Waals surface area contributed by atoms with Crippen LogP contribution < -0.4 is 14.8 Å². The zero-order valence-corrected chi connectivity index (χ0v) is 18.2. The molecule has 1 aromatic carbocycles. The van der Waals surface area contributed by atoms with E-state index < -0.39 is 15.9 Å². The lowest BCUT2D eigenvalue weighted by atomic mass is 10.1. The Balaban J connectivity index is 1.94. The third-order valence-corrected chi connectivity index (χ3v) is 7.09. The number of benzene rings is 1. The van der Waals surface area contributed by atoms with Crippen molar-refractivity contribution in [2.45, 2.75) is 44.0 Å². The number of amides is 1. The van der Waals surface area contributed by atoms with Gasteiger partial charge in [-0.15, -0.1) is 0 Å². The molecule has 1 aliphatic rings. The molecule has 2 aromatic rings. The normalized spacial score (nSPS) is 17.4. The van der Waals surface area contributed by atoms with Crippen LogP contribution in [0.3, 0.4) is 0 Å². The molecule has 1 N–H and O–H groups in total. The SMILES string of the molecule is CCOc1ncccc1NC(=O)c1ccc(OC)c(S(=O)(=O)N2CCCCC2C)c1. The van der Waals surface area contributed by atoms with E-state index >= 15 is 0 Å². The average Bonchev–Trinajstić information content (AvgIpc) is 2.75. The molecule has 1 unspecified atom stereocenters. The van der Waals surface area contributed by atoms with Crippen LogP contribution in [0.4, 0.5) is 5.69 Å². The number of anilines is 1. The number of carbonyl (C=O) groups is 1. The number of pyridine rings is 1. The van der Waals surface area contributed by atoms with Gasteiger partial charge >= 0.3 is 0 Å². The molecule has 30 heavy (non-hydrogen) atoms. The average molecular weight is 434 g/mol. The predicted octanol–water partition coefficient (Wildman–Crippen LogP) is 3.30. The largest absolute Gasteiger partial charge is 0.495 e. The molecule has 162 valence electrons. The number of methoxy groups -OCH3 is 1. The van der Waals surface area contributed by atoms with Crippen LogP contribution in [0.15, 0.2) is 41.4 Å². The first-order chi connectivity index (χ1) is 14.4. The topological polar surface area (TPSA) is 97.8 Å². The van der Waals surface area contributed by atoms with E-state index in [4.69, 9.17) is 9.47 Å². The van der Waals surface area contributed by atoms with Crippen molar-refractivity contribution in [3.05, 3.63) is 42.1 Å². The van der Waals surface area contributed by atoms with Crippen LogP contribution in [-0.2, 0) is 10.0 Å². The van der Waals surface area contributed by atoms with Gasteiger partial charge in [-0.1, -0.05) is 6.42 Å². The Kier molecular flexibility index (Phi) is 6.94. The molecular formula is C21H27N3O5S. The number of hydrogen-bond donors (Lipinski definition) is 1. The molecule has 1 aliphatic heterocycles. The summed E-state index contributed by atoms with van der Waals surface area (Å²) >= 11 is 0. The van der Waals surface area contributed by atoms with E-state index in [2.05, 4.69) is 10.3 Å². The van der Waals surface area contributed by atoms with Gasteiger partial charge in [-0.3, -0.25) is 4.79 Å². The molecule has 1 aromatic heterocycles. The quantitative estimate of drug-likeness (QED) is 0.719. The van der Waals surface area contributed by atoms with E-state index in [1.54, 1.807) is 18.3 Å². The van der Waals surface area contributed by atoms with Gasteiger partial charge in [0.05, 0.1) is 13.7 Å². The summed E-state index contributed by atoms with van der Waals surface area (Å²) in [5, 5.41) is 2.74. The lowest BCUT2D eigenvalue weighted by Crippen LogP contribution is -2.42. The number of sulfonamides is 1. The number of hydrogen-bond acceptors (Lipinski definition) is 6. The third-order valence-electron chi connectivity index (χ3n) is 5.05. The number of piperidine rings is 1. The van der Waals surface area contributed by atoms with Crippen molar-refractivity contribution in [3.8, 4) is 11.6 Å². The number of aromatic nitrogens is 1. The minimum absolute atomic E-state index is 0.0115. The number of nitrogens with zero attached hydrogens (tertiary/aromatic N) is 2. The predicted molar refractivity (Wildman–Crippen MR) is 114 cm³/mol. The van der Waals surface area contributed by atoms with E-state index in [-0.39, 0.29) is 22.3 Å². The minimum atomic E-state index is -3.81. The Morgan fingerprint density at radius 3 is 2.80 bits per heavy atom. The van der Waals surface area contributed by atoms with Crippen molar-refractivity contribution in [1.82, 2.24) is 9.29 Å². The highest BCUT2D eigenvalue weighted by atomic mass is 32.2. The van der Waals surface area contributed by atoms with Gasteiger partial charge in [0.2, 0.25) is 15.9 Å². The summed E-state index contributed by atoms with van der Waals surface area (Å²) in [6, 6.07) is 7.65. The monoisotopic (exact) mass is 433 g/mol. The summed E-state index contributed by atoms with van der Waals surface area (Å²) in [4.78, 5) is 16.9. The van der Waals surface area contributed by atoms with E-state index in [1.165, 1.54) is 29.6 Å². The molecule has 9 heteroatoms. The standard InChI is InChI=1S/C21H27N3O5S/c1-4-29-21-17(9-7-12-22-21)23-20(25)16-10-11-18(28-3)19(14-16)30(26,27)24-13-6-5-8-15(24)2/h7,9-12,14-15H,4-6,8,13H2,1-3H3,(H,23,25). The van der Waals surface area contributed by atoms with Crippen LogP contribution in [-0.4, -0.2) is 49.9 Å². The summed E-state index contributed by atoms with van der Waals surface area (Å²) in [7, 11) is -2.39. The maximum Gasteiger partial charge on any atom is 0.255 e. The summed E-state index contributed by atoms with van der Waals surface area (Å²) in [6.07, 6.45) is 4.19. The second kappa shape index (κ2) is 9.44. The Labute approximate surface area is 177 Å². The Bertz CT molecular complexity index is 1010. The zero-order valence-electron chi connectivity index (χ0n) is 17.4. The Hall–Kier alpha value is -2.65. The van der Waals surface area contributed by atoms with Gasteiger partial charge in [-0.25, -0.2) is 13.4 Å². The lowest BCUT2D eigenvalue weighted by Gasteiger charge is -2.32. The fraction of sp³-hybridized carbons (Fsp3) is 0.429. The first-order valence-electron chi connectivity index (χ1n) is 9.97. The first kappa shape index (κ1) is 22.0. The van der Waals surface area contributed by atoms with Gasteiger partial charge in [-0.05, 0) is 57.0 Å². The van der Waals surface area contributed by atoms with Crippen molar-refractivity contribution < 1.29 is 22.7 Å². The molecule has 0 radical (unpaired) electrons. The lowest BCUT2D eigenvalue weighted by molar-refractivity contribution is 0.102. The van der Waals surface area contributed by atoms with E-state index in [1.807, 2.05) is 13.8 Å².